The number of hydrogen-bond acceptors (Lipinski definition) is 6. The SMILES string of the molecule is CCc1nn(Cc2cccc(O[C@@H]3CCNC[C@H]3F)n2)c2cccc(NC(=O)c3cnc4ccccn34)c12. The van der Waals surface area contributed by atoms with Gasteiger partial charge in [0, 0.05) is 24.2 Å². The number of imidazole rings is 1. The van der Waals surface area contributed by atoms with Crippen LogP contribution in [0.2, 0.25) is 0 Å². The first-order valence-electron chi connectivity index (χ1n) is 12.8. The minimum atomic E-state index is -1.06. The third-order valence-electron chi connectivity index (χ3n) is 6.80. The van der Waals surface area contributed by atoms with E-state index in [4.69, 9.17) is 9.84 Å². The van der Waals surface area contributed by atoms with E-state index in [0.29, 0.717) is 48.8 Å². The van der Waals surface area contributed by atoms with Crippen molar-refractivity contribution in [3.05, 3.63) is 84.1 Å². The van der Waals surface area contributed by atoms with Crippen LogP contribution >= 0.6 is 0 Å². The molecule has 9 nitrogen and oxygen atoms in total. The lowest BCUT2D eigenvalue weighted by Gasteiger charge is -2.26. The van der Waals surface area contributed by atoms with Gasteiger partial charge in [0.05, 0.1) is 35.3 Å². The summed E-state index contributed by atoms with van der Waals surface area (Å²) >= 11 is 0. The molecule has 5 heterocycles. The number of aryl methyl sites for hydroxylation is 1. The topological polar surface area (TPSA) is 98.4 Å². The zero-order chi connectivity index (χ0) is 26.1. The van der Waals surface area contributed by atoms with Crippen molar-refractivity contribution in [1.29, 1.82) is 0 Å². The highest BCUT2D eigenvalue weighted by atomic mass is 19.1. The second kappa shape index (κ2) is 10.2. The molecule has 0 unspecified atom stereocenters. The van der Waals surface area contributed by atoms with Crippen molar-refractivity contribution in [3.8, 4) is 5.88 Å². The van der Waals surface area contributed by atoms with Gasteiger partial charge >= 0.3 is 0 Å². The lowest BCUT2D eigenvalue weighted by atomic mass is 10.1. The van der Waals surface area contributed by atoms with E-state index in [1.165, 1.54) is 0 Å². The van der Waals surface area contributed by atoms with Crippen LogP contribution in [-0.4, -0.2) is 55.4 Å². The van der Waals surface area contributed by atoms with Crippen LogP contribution in [0.3, 0.4) is 0 Å². The molecule has 1 aliphatic heterocycles. The molecule has 38 heavy (non-hydrogen) atoms. The normalized spacial score (nSPS) is 17.6. The number of pyridine rings is 2. The van der Waals surface area contributed by atoms with Gasteiger partial charge in [-0.25, -0.2) is 14.4 Å². The standard InChI is InChI=1S/C28H28FN7O2/c1-2-20-27-21(33-28(37)23-16-31-25-10-3-4-14-35(23)25)8-6-9-22(27)36(34-20)17-18-7-5-11-26(32-18)38-24-12-13-30-15-19(24)29/h3-11,14,16,19,24,30H,2,12-13,15,17H2,1H3,(H,33,37)/t19-,24-/m1/s1. The molecule has 1 saturated heterocycles. The lowest BCUT2D eigenvalue weighted by molar-refractivity contribution is 0.0692. The molecule has 5 aromatic rings. The highest BCUT2D eigenvalue weighted by Crippen LogP contribution is 2.29. The fourth-order valence-corrected chi connectivity index (χ4v) is 4.92. The summed E-state index contributed by atoms with van der Waals surface area (Å²) in [6.45, 7) is 3.46. The monoisotopic (exact) mass is 513 g/mol. The number of piperidine rings is 1. The van der Waals surface area contributed by atoms with E-state index in [0.717, 1.165) is 28.8 Å². The Balaban J connectivity index is 1.27. The van der Waals surface area contributed by atoms with Crippen LogP contribution < -0.4 is 15.4 Å². The summed E-state index contributed by atoms with van der Waals surface area (Å²) in [6, 6.07) is 16.9. The maximum Gasteiger partial charge on any atom is 0.274 e. The summed E-state index contributed by atoms with van der Waals surface area (Å²) in [4.78, 5) is 22.1. The number of amides is 1. The summed E-state index contributed by atoms with van der Waals surface area (Å²) < 4.78 is 23.7. The summed E-state index contributed by atoms with van der Waals surface area (Å²) in [7, 11) is 0. The van der Waals surface area contributed by atoms with Crippen LogP contribution in [0.25, 0.3) is 16.6 Å². The van der Waals surface area contributed by atoms with Crippen molar-refractivity contribution in [2.75, 3.05) is 18.4 Å². The Morgan fingerprint density at radius 1 is 1.18 bits per heavy atom. The number of alkyl halides is 1. The fraction of sp³-hybridized carbons (Fsp3) is 0.286. The fourth-order valence-electron chi connectivity index (χ4n) is 4.92. The first kappa shape index (κ1) is 24.1. The number of anilines is 1. The Morgan fingerprint density at radius 2 is 2.08 bits per heavy atom. The zero-order valence-corrected chi connectivity index (χ0v) is 21.0. The van der Waals surface area contributed by atoms with Gasteiger partial charge in [-0.3, -0.25) is 13.9 Å². The van der Waals surface area contributed by atoms with Gasteiger partial charge in [0.15, 0.2) is 0 Å². The van der Waals surface area contributed by atoms with Gasteiger partial charge in [0.25, 0.3) is 5.91 Å². The highest BCUT2D eigenvalue weighted by Gasteiger charge is 2.26. The number of benzene rings is 1. The van der Waals surface area contributed by atoms with Crippen molar-refractivity contribution in [3.63, 3.8) is 0 Å². The first-order chi connectivity index (χ1) is 18.6. The van der Waals surface area contributed by atoms with Crippen LogP contribution in [0.4, 0.5) is 10.1 Å². The number of ether oxygens (including phenoxy) is 1. The van der Waals surface area contributed by atoms with Crippen LogP contribution in [0, 0.1) is 0 Å². The Morgan fingerprint density at radius 3 is 2.95 bits per heavy atom. The van der Waals surface area contributed by atoms with Crippen LogP contribution in [0.1, 0.15) is 35.2 Å². The van der Waals surface area contributed by atoms with E-state index in [1.54, 1.807) is 16.7 Å². The van der Waals surface area contributed by atoms with E-state index in [-0.39, 0.29) is 5.91 Å². The molecule has 1 fully saturated rings. The number of hydrogen-bond donors (Lipinski definition) is 2. The zero-order valence-electron chi connectivity index (χ0n) is 21.0. The Labute approximate surface area is 218 Å². The van der Waals surface area contributed by atoms with Gasteiger partial charge in [0.2, 0.25) is 5.88 Å². The van der Waals surface area contributed by atoms with Gasteiger partial charge in [-0.2, -0.15) is 5.10 Å². The quantitative estimate of drug-likeness (QED) is 0.341. The van der Waals surface area contributed by atoms with E-state index in [9.17, 15) is 9.18 Å². The molecule has 1 aromatic carbocycles. The molecule has 0 saturated carbocycles. The van der Waals surface area contributed by atoms with E-state index in [1.807, 2.05) is 66.3 Å². The molecule has 1 aliphatic rings. The molecule has 2 N–H and O–H groups in total. The second-order valence-electron chi connectivity index (χ2n) is 9.32. The van der Waals surface area contributed by atoms with Gasteiger partial charge in [-0.05, 0) is 49.7 Å². The average Bonchev–Trinajstić information content (AvgIpc) is 3.53. The van der Waals surface area contributed by atoms with Crippen molar-refractivity contribution in [1.82, 2.24) is 29.5 Å². The van der Waals surface area contributed by atoms with Crippen molar-refractivity contribution in [2.24, 2.45) is 0 Å². The number of nitrogens with one attached hydrogen (secondary N) is 2. The van der Waals surface area contributed by atoms with Gasteiger partial charge in [-0.1, -0.05) is 25.1 Å². The second-order valence-corrected chi connectivity index (χ2v) is 9.32. The molecule has 0 aliphatic carbocycles. The number of carbonyl (C=O) groups is 1. The summed E-state index contributed by atoms with van der Waals surface area (Å²) in [5, 5.41) is 11.8. The molecule has 0 spiro atoms. The summed E-state index contributed by atoms with van der Waals surface area (Å²) in [5.41, 5.74) is 4.35. The van der Waals surface area contributed by atoms with Gasteiger partial charge in [0.1, 0.15) is 23.6 Å². The van der Waals surface area contributed by atoms with Crippen molar-refractivity contribution < 1.29 is 13.9 Å². The van der Waals surface area contributed by atoms with Gasteiger partial charge in [-0.15, -0.1) is 0 Å². The molecule has 10 heteroatoms. The highest BCUT2D eigenvalue weighted by molar-refractivity contribution is 6.08. The third kappa shape index (κ3) is 4.58. The minimum absolute atomic E-state index is 0.249. The Bertz CT molecular complexity index is 1610. The molecule has 6 rings (SSSR count). The number of fused-ring (bicyclic) bond motifs is 2. The Kier molecular flexibility index (Phi) is 6.47. The number of halogens is 1. The minimum Gasteiger partial charge on any atom is -0.471 e. The maximum atomic E-state index is 14.2. The number of carbonyl (C=O) groups excluding carboxylic acids is 1. The number of rotatable bonds is 7. The molecule has 1 amide bonds. The Hall–Kier alpha value is -4.31. The molecule has 2 atom stereocenters. The molecule has 194 valence electrons. The van der Waals surface area contributed by atoms with E-state index < -0.39 is 12.3 Å². The first-order valence-corrected chi connectivity index (χ1v) is 12.8. The molecule has 0 bridgehead atoms. The van der Waals surface area contributed by atoms with Crippen molar-refractivity contribution in [2.45, 2.75) is 38.6 Å². The predicted octanol–water partition coefficient (Wildman–Crippen LogP) is 4.02. The molecular weight excluding hydrogens is 485 g/mol. The van der Waals surface area contributed by atoms with Gasteiger partial charge < -0.3 is 15.4 Å². The van der Waals surface area contributed by atoms with E-state index >= 15 is 0 Å². The smallest absolute Gasteiger partial charge is 0.274 e. The molecule has 0 radical (unpaired) electrons. The van der Waals surface area contributed by atoms with Crippen LogP contribution in [-0.2, 0) is 13.0 Å². The number of nitrogens with zero attached hydrogens (tertiary/aromatic N) is 5. The van der Waals surface area contributed by atoms with Crippen molar-refractivity contribution >= 4 is 28.1 Å². The van der Waals surface area contributed by atoms with Crippen LogP contribution in [0.5, 0.6) is 5.88 Å². The lowest BCUT2D eigenvalue weighted by Crippen LogP contribution is -2.44. The van der Waals surface area contributed by atoms with Crippen LogP contribution in [0.15, 0.2) is 67.0 Å². The predicted molar refractivity (Wildman–Crippen MR) is 142 cm³/mol. The average molecular weight is 514 g/mol. The summed E-state index contributed by atoms with van der Waals surface area (Å²) in [6.07, 6.45) is 3.11. The largest absolute Gasteiger partial charge is 0.471 e. The molecular formula is C28H28FN7O2. The number of aromatic nitrogens is 5. The molecule has 4 aromatic heterocycles. The maximum absolute atomic E-state index is 14.2. The van der Waals surface area contributed by atoms with E-state index in [2.05, 4.69) is 20.6 Å². The summed E-state index contributed by atoms with van der Waals surface area (Å²) in [5.74, 6) is 0.159. The third-order valence-corrected chi connectivity index (χ3v) is 6.80.